The Morgan fingerprint density at radius 3 is 2.35 bits per heavy atom. The third-order valence-electron chi connectivity index (χ3n) is 5.66. The van der Waals surface area contributed by atoms with E-state index in [4.69, 9.17) is 0 Å². The van der Waals surface area contributed by atoms with Crippen molar-refractivity contribution in [2.24, 2.45) is 17.3 Å². The predicted molar refractivity (Wildman–Crippen MR) is 69.8 cm³/mol. The standard InChI is InChI=1S/C15H27NO/c1-15(2)13(9-14(15)17)16-12-5-3-4-11(8-12)10-6-7-10/h10-14,16-17H,3-9H2,1-2H3. The monoisotopic (exact) mass is 237 g/mol. The van der Waals surface area contributed by atoms with Gasteiger partial charge < -0.3 is 10.4 Å². The Labute approximate surface area is 105 Å². The molecule has 2 nitrogen and oxygen atoms in total. The summed E-state index contributed by atoms with van der Waals surface area (Å²) < 4.78 is 0. The van der Waals surface area contributed by atoms with E-state index in [2.05, 4.69) is 19.2 Å². The minimum atomic E-state index is -0.0946. The summed E-state index contributed by atoms with van der Waals surface area (Å²) in [6, 6.07) is 1.27. The number of hydrogen-bond donors (Lipinski definition) is 2. The van der Waals surface area contributed by atoms with E-state index in [0.29, 0.717) is 6.04 Å². The van der Waals surface area contributed by atoms with Gasteiger partial charge in [0.2, 0.25) is 0 Å². The van der Waals surface area contributed by atoms with E-state index in [-0.39, 0.29) is 11.5 Å². The van der Waals surface area contributed by atoms with Gasteiger partial charge >= 0.3 is 0 Å². The second kappa shape index (κ2) is 4.24. The van der Waals surface area contributed by atoms with Crippen molar-refractivity contribution < 1.29 is 5.11 Å². The van der Waals surface area contributed by atoms with Gasteiger partial charge in [-0.25, -0.2) is 0 Å². The minimum absolute atomic E-state index is 0.0898. The molecule has 0 saturated heterocycles. The fourth-order valence-corrected chi connectivity index (χ4v) is 3.84. The topological polar surface area (TPSA) is 32.3 Å². The highest BCUT2D eigenvalue weighted by Gasteiger charge is 2.48. The lowest BCUT2D eigenvalue weighted by Crippen LogP contribution is -2.62. The summed E-state index contributed by atoms with van der Waals surface area (Å²) in [5, 5.41) is 13.6. The van der Waals surface area contributed by atoms with Gasteiger partial charge in [0.25, 0.3) is 0 Å². The van der Waals surface area contributed by atoms with E-state index < -0.39 is 0 Å². The van der Waals surface area contributed by atoms with Crippen molar-refractivity contribution in [2.45, 2.75) is 77.0 Å². The van der Waals surface area contributed by atoms with E-state index >= 15 is 0 Å². The Kier molecular flexibility index (Phi) is 2.99. The summed E-state index contributed by atoms with van der Waals surface area (Å²) in [6.07, 6.45) is 9.48. The Hall–Kier alpha value is -0.0800. The van der Waals surface area contributed by atoms with E-state index in [1.807, 2.05) is 0 Å². The summed E-state index contributed by atoms with van der Waals surface area (Å²) >= 11 is 0. The minimum Gasteiger partial charge on any atom is -0.392 e. The molecular formula is C15H27NO. The van der Waals surface area contributed by atoms with Crippen LogP contribution in [0.4, 0.5) is 0 Å². The van der Waals surface area contributed by atoms with Gasteiger partial charge in [0.15, 0.2) is 0 Å². The van der Waals surface area contributed by atoms with Gasteiger partial charge in [0, 0.05) is 17.5 Å². The first-order chi connectivity index (χ1) is 8.07. The van der Waals surface area contributed by atoms with Crippen molar-refractivity contribution in [3.63, 3.8) is 0 Å². The highest BCUT2D eigenvalue weighted by molar-refractivity contribution is 5.03. The van der Waals surface area contributed by atoms with Crippen LogP contribution in [0.15, 0.2) is 0 Å². The smallest absolute Gasteiger partial charge is 0.0621 e. The quantitative estimate of drug-likeness (QED) is 0.791. The van der Waals surface area contributed by atoms with Gasteiger partial charge in [-0.3, -0.25) is 0 Å². The van der Waals surface area contributed by atoms with Crippen LogP contribution in [0.25, 0.3) is 0 Å². The highest BCUT2D eigenvalue weighted by Crippen LogP contribution is 2.45. The molecule has 0 aromatic heterocycles. The van der Waals surface area contributed by atoms with E-state index in [1.165, 1.54) is 38.5 Å². The van der Waals surface area contributed by atoms with Crippen LogP contribution in [-0.4, -0.2) is 23.3 Å². The molecule has 0 aromatic rings. The molecular weight excluding hydrogens is 210 g/mol. The molecule has 0 amide bonds. The summed E-state index contributed by atoms with van der Waals surface area (Å²) in [5.74, 6) is 2.08. The molecule has 17 heavy (non-hydrogen) atoms. The van der Waals surface area contributed by atoms with Crippen molar-refractivity contribution >= 4 is 0 Å². The van der Waals surface area contributed by atoms with E-state index in [0.717, 1.165) is 24.3 Å². The van der Waals surface area contributed by atoms with Crippen LogP contribution in [0.3, 0.4) is 0 Å². The fraction of sp³-hybridized carbons (Fsp3) is 1.00. The van der Waals surface area contributed by atoms with Gasteiger partial charge in [-0.05, 0) is 43.9 Å². The van der Waals surface area contributed by atoms with E-state index in [9.17, 15) is 5.11 Å². The molecule has 3 fully saturated rings. The molecule has 4 atom stereocenters. The maximum atomic E-state index is 9.79. The van der Waals surface area contributed by atoms with Gasteiger partial charge in [-0.15, -0.1) is 0 Å². The van der Waals surface area contributed by atoms with E-state index in [1.54, 1.807) is 0 Å². The molecule has 0 aromatic carbocycles. The van der Waals surface area contributed by atoms with Crippen molar-refractivity contribution in [3.8, 4) is 0 Å². The average molecular weight is 237 g/mol. The molecule has 0 aliphatic heterocycles. The first kappa shape index (κ1) is 12.0. The van der Waals surface area contributed by atoms with Crippen LogP contribution in [-0.2, 0) is 0 Å². The second-order valence-corrected chi connectivity index (χ2v) is 7.25. The van der Waals surface area contributed by atoms with Crippen LogP contribution in [0.1, 0.15) is 58.8 Å². The zero-order valence-electron chi connectivity index (χ0n) is 11.3. The van der Waals surface area contributed by atoms with Gasteiger partial charge in [-0.2, -0.15) is 0 Å². The number of hydrogen-bond acceptors (Lipinski definition) is 2. The second-order valence-electron chi connectivity index (χ2n) is 7.25. The lowest BCUT2D eigenvalue weighted by atomic mass is 9.64. The molecule has 2 N–H and O–H groups in total. The molecule has 0 radical (unpaired) electrons. The summed E-state index contributed by atoms with van der Waals surface area (Å²) in [5.41, 5.74) is 0.0898. The maximum Gasteiger partial charge on any atom is 0.0621 e. The lowest BCUT2D eigenvalue weighted by molar-refractivity contribution is -0.0778. The van der Waals surface area contributed by atoms with Gasteiger partial charge in [0.05, 0.1) is 6.10 Å². The third-order valence-corrected chi connectivity index (χ3v) is 5.66. The Balaban J connectivity index is 1.51. The summed E-state index contributed by atoms with van der Waals surface area (Å²) in [4.78, 5) is 0. The van der Waals surface area contributed by atoms with Gasteiger partial charge in [-0.1, -0.05) is 26.7 Å². The largest absolute Gasteiger partial charge is 0.392 e. The molecule has 98 valence electrons. The molecule has 3 aliphatic carbocycles. The highest BCUT2D eigenvalue weighted by atomic mass is 16.3. The number of aliphatic hydroxyl groups is 1. The molecule has 3 saturated carbocycles. The van der Waals surface area contributed by atoms with Crippen LogP contribution in [0, 0.1) is 17.3 Å². The van der Waals surface area contributed by atoms with Crippen molar-refractivity contribution in [2.75, 3.05) is 0 Å². The summed E-state index contributed by atoms with van der Waals surface area (Å²) in [7, 11) is 0. The number of rotatable bonds is 3. The zero-order chi connectivity index (χ0) is 12.0. The Bertz CT molecular complexity index is 285. The predicted octanol–water partition coefficient (Wildman–Crippen LogP) is 2.70. The fourth-order valence-electron chi connectivity index (χ4n) is 3.84. The maximum absolute atomic E-state index is 9.79. The van der Waals surface area contributed by atoms with Crippen LogP contribution >= 0.6 is 0 Å². The SMILES string of the molecule is CC1(C)C(O)CC1NC1CCCC(C2CC2)C1. The Morgan fingerprint density at radius 2 is 1.76 bits per heavy atom. The Morgan fingerprint density at radius 1 is 1.00 bits per heavy atom. The lowest BCUT2D eigenvalue weighted by Gasteiger charge is -2.51. The number of aliphatic hydroxyl groups excluding tert-OH is 1. The van der Waals surface area contributed by atoms with Crippen molar-refractivity contribution in [1.82, 2.24) is 5.32 Å². The average Bonchev–Trinajstić information content (AvgIpc) is 3.13. The number of nitrogens with one attached hydrogen (secondary N) is 1. The van der Waals surface area contributed by atoms with Gasteiger partial charge in [0.1, 0.15) is 0 Å². The van der Waals surface area contributed by atoms with Crippen LogP contribution in [0.2, 0.25) is 0 Å². The summed E-state index contributed by atoms with van der Waals surface area (Å²) in [6.45, 7) is 4.39. The molecule has 2 heteroatoms. The first-order valence-electron chi connectivity index (χ1n) is 7.51. The van der Waals surface area contributed by atoms with Crippen LogP contribution in [0.5, 0.6) is 0 Å². The molecule has 0 heterocycles. The molecule has 4 unspecified atom stereocenters. The molecule has 3 aliphatic rings. The molecule has 0 spiro atoms. The first-order valence-corrected chi connectivity index (χ1v) is 7.51. The van der Waals surface area contributed by atoms with Crippen molar-refractivity contribution in [1.29, 1.82) is 0 Å². The van der Waals surface area contributed by atoms with Crippen LogP contribution < -0.4 is 5.32 Å². The zero-order valence-corrected chi connectivity index (χ0v) is 11.3. The normalized spacial score (nSPS) is 45.4. The van der Waals surface area contributed by atoms with Crippen molar-refractivity contribution in [3.05, 3.63) is 0 Å². The third kappa shape index (κ3) is 2.26. The molecule has 3 rings (SSSR count). The molecule has 0 bridgehead atoms.